The van der Waals surface area contributed by atoms with Crippen molar-refractivity contribution in [2.75, 3.05) is 18.0 Å². The molecule has 0 saturated carbocycles. The third kappa shape index (κ3) is 1.75. The molecule has 5 heterocycles. The average molecular weight is 271 g/mol. The van der Waals surface area contributed by atoms with Crippen LogP contribution in [0.25, 0.3) is 11.0 Å². The number of H-pyrrole nitrogens is 1. The molecule has 0 radical (unpaired) electrons. The zero-order valence-electron chi connectivity index (χ0n) is 11.4. The van der Waals surface area contributed by atoms with E-state index in [0.717, 1.165) is 48.6 Å². The summed E-state index contributed by atoms with van der Waals surface area (Å²) in [7, 11) is 0. The Balaban J connectivity index is 1.79. The maximum absolute atomic E-state index is 12.0. The number of hydrogen-bond acceptors (Lipinski definition) is 4. The number of nitrogens with one attached hydrogen (secondary N) is 2. The number of hydrogen-bond donors (Lipinski definition) is 2. The van der Waals surface area contributed by atoms with Gasteiger partial charge in [-0.3, -0.25) is 4.79 Å². The minimum Gasteiger partial charge on any atom is -0.357 e. The molecule has 104 valence electrons. The number of aromatic nitrogens is 3. The molecule has 2 atom stereocenters. The fourth-order valence-corrected chi connectivity index (χ4v) is 3.29. The topological polar surface area (TPSA) is 73.9 Å². The van der Waals surface area contributed by atoms with Crippen molar-refractivity contribution < 1.29 is 4.79 Å². The molecule has 2 N–H and O–H groups in total. The van der Waals surface area contributed by atoms with Gasteiger partial charge in [-0.15, -0.1) is 0 Å². The SMILES string of the molecule is Cc1nc(N2C[C@@H]3CC[C@H](C2)C(=O)N3)c2[nH]ccc2n1. The van der Waals surface area contributed by atoms with Crippen LogP contribution in [0.3, 0.4) is 0 Å². The minimum atomic E-state index is 0.0778. The number of anilines is 1. The number of aromatic amines is 1. The molecular formula is C14H17N5O. The molecular weight excluding hydrogens is 254 g/mol. The van der Waals surface area contributed by atoms with Crippen LogP contribution in [0.5, 0.6) is 0 Å². The van der Waals surface area contributed by atoms with E-state index < -0.39 is 0 Å². The summed E-state index contributed by atoms with van der Waals surface area (Å²) in [6, 6.07) is 2.20. The number of amides is 1. The van der Waals surface area contributed by atoms with Crippen molar-refractivity contribution >= 4 is 22.8 Å². The summed E-state index contributed by atoms with van der Waals surface area (Å²) in [4.78, 5) is 26.4. The number of piperidine rings is 1. The van der Waals surface area contributed by atoms with Gasteiger partial charge in [0.05, 0.1) is 11.4 Å². The van der Waals surface area contributed by atoms with Gasteiger partial charge in [-0.1, -0.05) is 0 Å². The summed E-state index contributed by atoms with van der Waals surface area (Å²) in [5, 5.41) is 3.10. The first-order valence-corrected chi connectivity index (χ1v) is 7.08. The van der Waals surface area contributed by atoms with Crippen molar-refractivity contribution in [3.05, 3.63) is 18.1 Å². The van der Waals surface area contributed by atoms with Gasteiger partial charge in [0.15, 0.2) is 5.82 Å². The van der Waals surface area contributed by atoms with E-state index >= 15 is 0 Å². The third-order valence-corrected chi connectivity index (χ3v) is 4.26. The summed E-state index contributed by atoms with van der Waals surface area (Å²) in [5.41, 5.74) is 1.90. The van der Waals surface area contributed by atoms with Gasteiger partial charge >= 0.3 is 0 Å². The van der Waals surface area contributed by atoms with Gasteiger partial charge in [-0.05, 0) is 25.8 Å². The van der Waals surface area contributed by atoms with Crippen molar-refractivity contribution in [3.63, 3.8) is 0 Å². The van der Waals surface area contributed by atoms with Crippen molar-refractivity contribution in [1.29, 1.82) is 0 Å². The van der Waals surface area contributed by atoms with Crippen molar-refractivity contribution in [2.45, 2.75) is 25.8 Å². The average Bonchev–Trinajstić information content (AvgIpc) is 2.70. The molecule has 0 aliphatic carbocycles. The summed E-state index contributed by atoms with van der Waals surface area (Å²) in [6.45, 7) is 3.48. The first-order valence-electron chi connectivity index (χ1n) is 7.08. The zero-order chi connectivity index (χ0) is 13.7. The fourth-order valence-electron chi connectivity index (χ4n) is 3.29. The Labute approximate surface area is 116 Å². The number of aryl methyl sites for hydroxylation is 1. The van der Waals surface area contributed by atoms with Crippen molar-refractivity contribution in [1.82, 2.24) is 20.3 Å². The number of rotatable bonds is 1. The van der Waals surface area contributed by atoms with Crippen LogP contribution in [0.1, 0.15) is 18.7 Å². The second-order valence-electron chi connectivity index (χ2n) is 5.72. The van der Waals surface area contributed by atoms with Crippen molar-refractivity contribution in [3.8, 4) is 0 Å². The van der Waals surface area contributed by atoms with Crippen molar-refractivity contribution in [2.24, 2.45) is 5.92 Å². The normalized spacial score (nSPS) is 25.9. The number of fused-ring (bicyclic) bond motifs is 5. The fraction of sp³-hybridized carbons (Fsp3) is 0.500. The monoisotopic (exact) mass is 271 g/mol. The predicted octanol–water partition coefficient (Wildman–Crippen LogP) is 0.981. The Bertz CT molecular complexity index is 679. The number of carbonyl (C=O) groups excluding carboxylic acids is 1. The Morgan fingerprint density at radius 3 is 3.05 bits per heavy atom. The van der Waals surface area contributed by atoms with Crippen LogP contribution in [0, 0.1) is 12.8 Å². The Hall–Kier alpha value is -2.11. The molecule has 6 nitrogen and oxygen atoms in total. The highest BCUT2D eigenvalue weighted by Crippen LogP contribution is 2.29. The van der Waals surface area contributed by atoms with Crippen LogP contribution in [0.4, 0.5) is 5.82 Å². The van der Waals surface area contributed by atoms with Gasteiger partial charge in [0.1, 0.15) is 11.3 Å². The maximum atomic E-state index is 12.0. The molecule has 0 unspecified atom stereocenters. The van der Waals surface area contributed by atoms with E-state index in [2.05, 4.69) is 25.2 Å². The highest BCUT2D eigenvalue weighted by Gasteiger charge is 2.35. The Morgan fingerprint density at radius 1 is 1.30 bits per heavy atom. The molecule has 3 aliphatic rings. The van der Waals surface area contributed by atoms with Gasteiger partial charge in [0, 0.05) is 25.3 Å². The van der Waals surface area contributed by atoms with E-state index in [9.17, 15) is 4.79 Å². The van der Waals surface area contributed by atoms with Crippen LogP contribution < -0.4 is 10.2 Å². The molecule has 20 heavy (non-hydrogen) atoms. The van der Waals surface area contributed by atoms with Crippen LogP contribution >= 0.6 is 0 Å². The van der Waals surface area contributed by atoms with E-state index in [1.807, 2.05) is 19.2 Å². The van der Waals surface area contributed by atoms with Crippen LogP contribution in [-0.2, 0) is 4.79 Å². The highest BCUT2D eigenvalue weighted by atomic mass is 16.2. The zero-order valence-corrected chi connectivity index (χ0v) is 11.4. The van der Waals surface area contributed by atoms with Crippen LogP contribution in [-0.4, -0.2) is 40.0 Å². The van der Waals surface area contributed by atoms with E-state index in [4.69, 9.17) is 0 Å². The summed E-state index contributed by atoms with van der Waals surface area (Å²) < 4.78 is 0. The summed E-state index contributed by atoms with van der Waals surface area (Å²) >= 11 is 0. The van der Waals surface area contributed by atoms with E-state index in [1.54, 1.807) is 0 Å². The highest BCUT2D eigenvalue weighted by molar-refractivity contribution is 5.87. The van der Waals surface area contributed by atoms with Crippen LogP contribution in [0.2, 0.25) is 0 Å². The Morgan fingerprint density at radius 2 is 2.20 bits per heavy atom. The lowest BCUT2D eigenvalue weighted by atomic mass is 9.96. The van der Waals surface area contributed by atoms with E-state index in [1.165, 1.54) is 0 Å². The molecule has 3 saturated heterocycles. The molecule has 2 aromatic heterocycles. The predicted molar refractivity (Wildman–Crippen MR) is 75.5 cm³/mol. The number of nitrogens with zero attached hydrogens (tertiary/aromatic N) is 3. The Kier molecular flexibility index (Phi) is 2.45. The minimum absolute atomic E-state index is 0.0778. The summed E-state index contributed by atoms with van der Waals surface area (Å²) in [6.07, 6.45) is 3.92. The van der Waals surface area contributed by atoms with Gasteiger partial charge in [-0.2, -0.15) is 0 Å². The quantitative estimate of drug-likeness (QED) is 0.811. The molecule has 2 aromatic rings. The molecule has 6 heteroatoms. The van der Waals surface area contributed by atoms with Gasteiger partial charge in [0.25, 0.3) is 0 Å². The van der Waals surface area contributed by atoms with Gasteiger partial charge < -0.3 is 15.2 Å². The largest absolute Gasteiger partial charge is 0.357 e. The molecule has 3 aliphatic heterocycles. The van der Waals surface area contributed by atoms with Crippen LogP contribution in [0.15, 0.2) is 12.3 Å². The number of carbonyl (C=O) groups is 1. The summed E-state index contributed by atoms with van der Waals surface area (Å²) in [5.74, 6) is 1.96. The molecule has 2 bridgehead atoms. The second kappa shape index (κ2) is 4.19. The maximum Gasteiger partial charge on any atom is 0.225 e. The first kappa shape index (κ1) is 11.7. The molecule has 0 aromatic carbocycles. The molecule has 0 spiro atoms. The van der Waals surface area contributed by atoms with E-state index in [-0.39, 0.29) is 17.9 Å². The second-order valence-corrected chi connectivity index (χ2v) is 5.72. The van der Waals surface area contributed by atoms with Gasteiger partial charge in [-0.25, -0.2) is 9.97 Å². The lowest BCUT2D eigenvalue weighted by Gasteiger charge is -2.24. The molecule has 5 rings (SSSR count). The standard InChI is InChI=1S/C14H17N5O/c1-8-16-11-4-5-15-12(11)13(17-8)19-6-9-2-3-10(7-19)18-14(9)20/h4-5,9-10,15H,2-3,6-7H2,1H3,(H,18,20)/t9-,10+/m1/s1. The molecule has 3 fully saturated rings. The lowest BCUT2D eigenvalue weighted by molar-refractivity contribution is -0.126. The lowest BCUT2D eigenvalue weighted by Crippen LogP contribution is -2.43. The first-order chi connectivity index (χ1) is 9.70. The van der Waals surface area contributed by atoms with Gasteiger partial charge in [0.2, 0.25) is 5.91 Å². The van der Waals surface area contributed by atoms with E-state index in [0.29, 0.717) is 0 Å². The molecule has 1 amide bonds. The third-order valence-electron chi connectivity index (χ3n) is 4.26. The smallest absolute Gasteiger partial charge is 0.225 e.